The zero-order valence-electron chi connectivity index (χ0n) is 9.96. The first-order chi connectivity index (χ1) is 7.85. The van der Waals surface area contributed by atoms with Crippen LogP contribution in [-0.4, -0.2) is 24.3 Å². The molecule has 0 saturated carbocycles. The van der Waals surface area contributed by atoms with Gasteiger partial charge in [0.2, 0.25) is 0 Å². The Morgan fingerprint density at radius 3 is 2.59 bits per heavy atom. The van der Waals surface area contributed by atoms with E-state index in [-0.39, 0.29) is 16.6 Å². The van der Waals surface area contributed by atoms with Crippen LogP contribution in [0.15, 0.2) is 16.6 Å². The number of aliphatic hydroxyl groups excluding tert-OH is 1. The van der Waals surface area contributed by atoms with Gasteiger partial charge in [-0.15, -0.1) is 0 Å². The van der Waals surface area contributed by atoms with Crippen LogP contribution in [0.5, 0.6) is 0 Å². The van der Waals surface area contributed by atoms with Crippen LogP contribution < -0.4 is 4.90 Å². The minimum atomic E-state index is -0.575. The van der Waals surface area contributed by atoms with E-state index in [1.54, 1.807) is 31.9 Å². The molecule has 0 aliphatic carbocycles. The molecule has 1 aromatic carbocycles. The van der Waals surface area contributed by atoms with E-state index in [0.717, 1.165) is 0 Å². The van der Waals surface area contributed by atoms with E-state index in [9.17, 15) is 9.50 Å². The molecule has 0 atom stereocenters. The molecule has 0 heterocycles. The van der Waals surface area contributed by atoms with Crippen LogP contribution in [0.25, 0.3) is 0 Å². The minimum Gasteiger partial charge on any atom is -0.394 e. The molecule has 0 amide bonds. The quantitative estimate of drug-likeness (QED) is 0.933. The maximum Gasteiger partial charge on any atom is 0.161 e. The van der Waals surface area contributed by atoms with Crippen LogP contribution in [0.2, 0.25) is 0 Å². The lowest BCUT2D eigenvalue weighted by molar-refractivity contribution is 0.215. The van der Waals surface area contributed by atoms with Crippen molar-refractivity contribution in [1.29, 1.82) is 5.26 Å². The first-order valence-corrected chi connectivity index (χ1v) is 5.87. The highest BCUT2D eigenvalue weighted by Gasteiger charge is 2.26. The zero-order chi connectivity index (χ0) is 13.2. The molecule has 1 rings (SSSR count). The Morgan fingerprint density at radius 1 is 1.53 bits per heavy atom. The van der Waals surface area contributed by atoms with Crippen molar-refractivity contribution in [2.24, 2.45) is 0 Å². The summed E-state index contributed by atoms with van der Waals surface area (Å²) >= 11 is 3.06. The number of nitrogens with zero attached hydrogens (tertiary/aromatic N) is 2. The van der Waals surface area contributed by atoms with Crippen LogP contribution in [0, 0.1) is 17.1 Å². The summed E-state index contributed by atoms with van der Waals surface area (Å²) in [6.07, 6.45) is 0. The Balaban J connectivity index is 3.27. The first kappa shape index (κ1) is 13.9. The Morgan fingerprint density at radius 2 is 2.12 bits per heavy atom. The van der Waals surface area contributed by atoms with E-state index < -0.39 is 11.4 Å². The van der Waals surface area contributed by atoms with Crippen molar-refractivity contribution in [3.8, 4) is 6.07 Å². The third kappa shape index (κ3) is 2.59. The number of rotatable bonds is 3. The van der Waals surface area contributed by atoms with E-state index >= 15 is 0 Å². The molecule has 0 aromatic heterocycles. The van der Waals surface area contributed by atoms with E-state index in [4.69, 9.17) is 5.26 Å². The second kappa shape index (κ2) is 5.03. The molecule has 5 heteroatoms. The lowest BCUT2D eigenvalue weighted by Crippen LogP contribution is -2.44. The summed E-state index contributed by atoms with van der Waals surface area (Å²) < 4.78 is 14.2. The van der Waals surface area contributed by atoms with Gasteiger partial charge in [0.15, 0.2) is 5.82 Å². The Labute approximate surface area is 109 Å². The van der Waals surface area contributed by atoms with Crippen molar-refractivity contribution in [2.75, 3.05) is 18.6 Å². The number of halogens is 2. The van der Waals surface area contributed by atoms with E-state index in [2.05, 4.69) is 15.9 Å². The van der Waals surface area contributed by atoms with Crippen molar-refractivity contribution in [3.05, 3.63) is 28.0 Å². The summed E-state index contributed by atoms with van der Waals surface area (Å²) in [4.78, 5) is 1.65. The largest absolute Gasteiger partial charge is 0.394 e. The van der Waals surface area contributed by atoms with Gasteiger partial charge in [-0.05, 0) is 41.9 Å². The summed E-state index contributed by atoms with van der Waals surface area (Å²) in [6, 6.07) is 4.99. The molecule has 0 fully saturated rings. The molecule has 0 spiro atoms. The molecule has 0 bridgehead atoms. The maximum atomic E-state index is 14.0. The Bertz CT molecular complexity index is 468. The average Bonchev–Trinajstić information content (AvgIpc) is 2.31. The van der Waals surface area contributed by atoms with Gasteiger partial charge in [0.25, 0.3) is 0 Å². The number of hydrogen-bond acceptors (Lipinski definition) is 3. The standard InChI is InChI=1S/C12H14BrFN2O/c1-12(2,7-17)16(3)9-5-4-8(6-15)10(13)11(9)14/h4-5,17H,7H2,1-3H3. The molecular weight excluding hydrogens is 287 g/mol. The van der Waals surface area contributed by atoms with E-state index in [1.807, 2.05) is 6.07 Å². The predicted octanol–water partition coefficient (Wildman–Crippen LogP) is 2.67. The highest BCUT2D eigenvalue weighted by atomic mass is 79.9. The molecular formula is C12H14BrFN2O. The third-order valence-corrected chi connectivity index (χ3v) is 3.61. The van der Waals surface area contributed by atoms with Gasteiger partial charge in [-0.25, -0.2) is 4.39 Å². The topological polar surface area (TPSA) is 47.3 Å². The number of benzene rings is 1. The number of anilines is 1. The molecule has 17 heavy (non-hydrogen) atoms. The van der Waals surface area contributed by atoms with Gasteiger partial charge in [0.1, 0.15) is 6.07 Å². The smallest absolute Gasteiger partial charge is 0.161 e. The average molecular weight is 301 g/mol. The van der Waals surface area contributed by atoms with Crippen LogP contribution >= 0.6 is 15.9 Å². The summed E-state index contributed by atoms with van der Waals surface area (Å²) in [6.45, 7) is 3.51. The normalized spacial score (nSPS) is 11.1. The van der Waals surface area contributed by atoms with Crippen molar-refractivity contribution >= 4 is 21.6 Å². The molecule has 0 aliphatic heterocycles. The molecule has 3 nitrogen and oxygen atoms in total. The van der Waals surface area contributed by atoms with Crippen molar-refractivity contribution < 1.29 is 9.50 Å². The lowest BCUT2D eigenvalue weighted by Gasteiger charge is -2.36. The maximum absolute atomic E-state index is 14.0. The van der Waals surface area contributed by atoms with Gasteiger partial charge in [-0.1, -0.05) is 0 Å². The SMILES string of the molecule is CN(c1ccc(C#N)c(Br)c1F)C(C)(C)CO. The predicted molar refractivity (Wildman–Crippen MR) is 68.4 cm³/mol. The highest BCUT2D eigenvalue weighted by Crippen LogP contribution is 2.31. The summed E-state index contributed by atoms with van der Waals surface area (Å²) in [5.41, 5.74) is 0.0189. The van der Waals surface area contributed by atoms with Gasteiger partial charge in [0, 0.05) is 7.05 Å². The molecule has 0 radical (unpaired) electrons. The molecule has 1 N–H and O–H groups in total. The fraction of sp³-hybridized carbons (Fsp3) is 0.417. The molecule has 1 aromatic rings. The monoisotopic (exact) mass is 300 g/mol. The van der Waals surface area contributed by atoms with Crippen LogP contribution in [0.3, 0.4) is 0 Å². The van der Waals surface area contributed by atoms with E-state index in [0.29, 0.717) is 5.69 Å². The first-order valence-electron chi connectivity index (χ1n) is 5.08. The summed E-state index contributed by atoms with van der Waals surface area (Å²) in [5, 5.41) is 18.0. The Hall–Kier alpha value is -1.12. The van der Waals surface area contributed by atoms with Gasteiger partial charge in [-0.3, -0.25) is 0 Å². The van der Waals surface area contributed by atoms with Gasteiger partial charge < -0.3 is 10.0 Å². The molecule has 0 aliphatic rings. The highest BCUT2D eigenvalue weighted by molar-refractivity contribution is 9.10. The summed E-state index contributed by atoms with van der Waals surface area (Å²) in [5.74, 6) is -0.493. The fourth-order valence-electron chi connectivity index (χ4n) is 1.32. The van der Waals surface area contributed by atoms with Crippen molar-refractivity contribution in [2.45, 2.75) is 19.4 Å². The van der Waals surface area contributed by atoms with Crippen LogP contribution in [0.1, 0.15) is 19.4 Å². The third-order valence-electron chi connectivity index (χ3n) is 2.84. The van der Waals surface area contributed by atoms with Gasteiger partial charge >= 0.3 is 0 Å². The number of aliphatic hydroxyl groups is 1. The summed E-state index contributed by atoms with van der Waals surface area (Å²) in [7, 11) is 1.70. The lowest BCUT2D eigenvalue weighted by atomic mass is 10.0. The second-order valence-corrected chi connectivity index (χ2v) is 5.19. The van der Waals surface area contributed by atoms with Gasteiger partial charge in [0.05, 0.1) is 27.9 Å². The van der Waals surface area contributed by atoms with Crippen LogP contribution in [-0.2, 0) is 0 Å². The fourth-order valence-corrected chi connectivity index (χ4v) is 1.74. The molecule has 92 valence electrons. The van der Waals surface area contributed by atoms with Crippen molar-refractivity contribution in [1.82, 2.24) is 0 Å². The van der Waals surface area contributed by atoms with Crippen LogP contribution in [0.4, 0.5) is 10.1 Å². The van der Waals surface area contributed by atoms with E-state index in [1.165, 1.54) is 6.07 Å². The molecule has 0 saturated heterocycles. The van der Waals surface area contributed by atoms with Crippen molar-refractivity contribution in [3.63, 3.8) is 0 Å². The minimum absolute atomic E-state index is 0.0967. The number of likely N-dealkylation sites (N-methyl/N-ethyl adjacent to an activating group) is 1. The second-order valence-electron chi connectivity index (χ2n) is 4.40. The molecule has 0 unspecified atom stereocenters. The zero-order valence-corrected chi connectivity index (χ0v) is 11.5. The Kier molecular flexibility index (Phi) is 4.12. The van der Waals surface area contributed by atoms with Gasteiger partial charge in [-0.2, -0.15) is 5.26 Å². The number of hydrogen-bond donors (Lipinski definition) is 1. The number of nitriles is 1.